The molecule has 0 bridgehead atoms. The van der Waals surface area contributed by atoms with E-state index < -0.39 is 23.1 Å². The molecule has 3 N–H and O–H groups in total. The van der Waals surface area contributed by atoms with Gasteiger partial charge in [0.05, 0.1) is 11.3 Å². The van der Waals surface area contributed by atoms with Gasteiger partial charge in [-0.25, -0.2) is 4.79 Å². The average molecular weight is 266 g/mol. The average Bonchev–Trinajstić information content (AvgIpc) is 2.65. The van der Waals surface area contributed by atoms with Crippen LogP contribution in [0, 0.1) is 0 Å². The molecule has 2 aromatic rings. The van der Waals surface area contributed by atoms with Gasteiger partial charge >= 0.3 is 11.7 Å². The molecule has 0 fully saturated rings. The lowest BCUT2D eigenvalue weighted by Crippen LogP contribution is -2.24. The first-order valence-corrected chi connectivity index (χ1v) is 6.40. The maximum atomic E-state index is 11.8. The predicted molar refractivity (Wildman–Crippen MR) is 66.4 cm³/mol. The van der Waals surface area contributed by atoms with Crippen molar-refractivity contribution in [2.45, 2.75) is 25.2 Å². The van der Waals surface area contributed by atoms with Crippen LogP contribution in [0.2, 0.25) is 0 Å². The zero-order valence-electron chi connectivity index (χ0n) is 9.28. The Balaban J connectivity index is 2.41. The molecule has 0 amide bonds. The Kier molecular flexibility index (Phi) is 2.37. The first-order valence-electron chi connectivity index (χ1n) is 5.58. The minimum Gasteiger partial charge on any atom is -0.481 e. The number of thiophene rings is 1. The second-order valence-electron chi connectivity index (χ2n) is 4.33. The van der Waals surface area contributed by atoms with Crippen LogP contribution < -0.4 is 11.2 Å². The second kappa shape index (κ2) is 3.81. The van der Waals surface area contributed by atoms with Crippen LogP contribution in [0.4, 0.5) is 0 Å². The van der Waals surface area contributed by atoms with Crippen molar-refractivity contribution < 1.29 is 9.90 Å². The fourth-order valence-electron chi connectivity index (χ4n) is 2.52. The number of aromatic nitrogens is 2. The van der Waals surface area contributed by atoms with Crippen LogP contribution in [0.25, 0.3) is 10.2 Å². The SMILES string of the molecule is O=C(O)C1CCCc2sc3[nH]c(=O)[nH]c(=O)c3c21. The molecule has 0 radical (unpaired) electrons. The van der Waals surface area contributed by atoms with Crippen molar-refractivity contribution in [2.24, 2.45) is 0 Å². The van der Waals surface area contributed by atoms with Gasteiger partial charge in [0.15, 0.2) is 0 Å². The topological polar surface area (TPSA) is 103 Å². The zero-order chi connectivity index (χ0) is 12.9. The number of H-pyrrole nitrogens is 2. The maximum absolute atomic E-state index is 11.8. The number of aryl methyl sites for hydroxylation is 1. The lowest BCUT2D eigenvalue weighted by atomic mass is 9.86. The van der Waals surface area contributed by atoms with E-state index in [4.69, 9.17) is 0 Å². The van der Waals surface area contributed by atoms with Gasteiger partial charge in [-0.1, -0.05) is 0 Å². The normalized spacial score (nSPS) is 18.8. The number of aliphatic carboxylic acids is 1. The van der Waals surface area contributed by atoms with Gasteiger partial charge in [0.1, 0.15) is 4.83 Å². The summed E-state index contributed by atoms with van der Waals surface area (Å²) in [4.78, 5) is 40.4. The summed E-state index contributed by atoms with van der Waals surface area (Å²) in [5.74, 6) is -1.56. The Labute approximate surface area is 104 Å². The molecule has 1 aliphatic carbocycles. The Morgan fingerprint density at radius 3 is 2.83 bits per heavy atom. The molecule has 1 atom stereocenters. The Bertz CT molecular complexity index is 754. The summed E-state index contributed by atoms with van der Waals surface area (Å²) in [5, 5.41) is 9.56. The van der Waals surface area contributed by atoms with Gasteiger partial charge in [-0.05, 0) is 24.8 Å². The molecule has 2 aromatic heterocycles. The van der Waals surface area contributed by atoms with Crippen LogP contribution in [0.3, 0.4) is 0 Å². The molecule has 6 nitrogen and oxygen atoms in total. The Morgan fingerprint density at radius 1 is 1.33 bits per heavy atom. The molecule has 2 heterocycles. The van der Waals surface area contributed by atoms with Gasteiger partial charge in [0.25, 0.3) is 5.56 Å². The molecule has 1 aliphatic rings. The summed E-state index contributed by atoms with van der Waals surface area (Å²) in [6, 6.07) is 0. The highest BCUT2D eigenvalue weighted by molar-refractivity contribution is 7.18. The van der Waals surface area contributed by atoms with Gasteiger partial charge in [0, 0.05) is 4.88 Å². The minimum atomic E-state index is -0.916. The van der Waals surface area contributed by atoms with E-state index in [1.165, 1.54) is 11.3 Å². The van der Waals surface area contributed by atoms with Crippen LogP contribution in [-0.4, -0.2) is 21.0 Å². The number of carboxylic acids is 1. The van der Waals surface area contributed by atoms with E-state index in [9.17, 15) is 19.5 Å². The number of nitrogens with one attached hydrogen (secondary N) is 2. The third-order valence-corrected chi connectivity index (χ3v) is 4.43. The van der Waals surface area contributed by atoms with Crippen LogP contribution in [0.15, 0.2) is 9.59 Å². The molecular weight excluding hydrogens is 256 g/mol. The van der Waals surface area contributed by atoms with E-state index in [0.717, 1.165) is 17.7 Å². The van der Waals surface area contributed by atoms with E-state index in [2.05, 4.69) is 9.97 Å². The summed E-state index contributed by atoms with van der Waals surface area (Å²) >= 11 is 1.31. The molecule has 94 valence electrons. The molecule has 0 aliphatic heterocycles. The molecular formula is C11H10N2O4S. The molecule has 7 heteroatoms. The highest BCUT2D eigenvalue weighted by atomic mass is 32.1. The van der Waals surface area contributed by atoms with E-state index in [-0.39, 0.29) is 0 Å². The van der Waals surface area contributed by atoms with Gasteiger partial charge in [-0.2, -0.15) is 0 Å². The third kappa shape index (κ3) is 1.51. The van der Waals surface area contributed by atoms with E-state index in [0.29, 0.717) is 22.2 Å². The van der Waals surface area contributed by atoms with Crippen LogP contribution in [0.5, 0.6) is 0 Å². The van der Waals surface area contributed by atoms with Crippen molar-refractivity contribution in [3.8, 4) is 0 Å². The number of rotatable bonds is 1. The quantitative estimate of drug-likeness (QED) is 0.709. The molecule has 0 saturated heterocycles. The number of carbonyl (C=O) groups is 1. The number of fused-ring (bicyclic) bond motifs is 3. The van der Waals surface area contributed by atoms with Crippen LogP contribution in [0.1, 0.15) is 29.2 Å². The van der Waals surface area contributed by atoms with Crippen molar-refractivity contribution in [3.63, 3.8) is 0 Å². The van der Waals surface area contributed by atoms with Crippen molar-refractivity contribution in [1.29, 1.82) is 0 Å². The Hall–Kier alpha value is -1.89. The summed E-state index contributed by atoms with van der Waals surface area (Å²) in [5.41, 5.74) is -0.469. The molecule has 18 heavy (non-hydrogen) atoms. The summed E-state index contributed by atoms with van der Waals surface area (Å²) in [6.45, 7) is 0. The summed E-state index contributed by atoms with van der Waals surface area (Å²) in [6.07, 6.45) is 2.09. The fraction of sp³-hybridized carbons (Fsp3) is 0.364. The zero-order valence-corrected chi connectivity index (χ0v) is 10.1. The molecule has 0 spiro atoms. The van der Waals surface area contributed by atoms with Crippen molar-refractivity contribution in [2.75, 3.05) is 0 Å². The summed E-state index contributed by atoms with van der Waals surface area (Å²) < 4.78 is 0. The molecule has 0 saturated carbocycles. The molecule has 3 rings (SSSR count). The highest BCUT2D eigenvalue weighted by Crippen LogP contribution is 2.40. The fourth-order valence-corrected chi connectivity index (χ4v) is 3.81. The number of carboxylic acid groups (broad SMARTS) is 1. The lowest BCUT2D eigenvalue weighted by Gasteiger charge is -2.18. The van der Waals surface area contributed by atoms with Gasteiger partial charge in [-0.3, -0.25) is 19.6 Å². The van der Waals surface area contributed by atoms with E-state index in [1.807, 2.05) is 0 Å². The van der Waals surface area contributed by atoms with Gasteiger partial charge in [0.2, 0.25) is 0 Å². The number of aromatic amines is 2. The third-order valence-electron chi connectivity index (χ3n) is 3.25. The monoisotopic (exact) mass is 266 g/mol. The van der Waals surface area contributed by atoms with Gasteiger partial charge < -0.3 is 5.11 Å². The highest BCUT2D eigenvalue weighted by Gasteiger charge is 2.31. The van der Waals surface area contributed by atoms with Crippen LogP contribution >= 0.6 is 11.3 Å². The smallest absolute Gasteiger partial charge is 0.326 e. The molecule has 0 aromatic carbocycles. The minimum absolute atomic E-state index is 0.335. The second-order valence-corrected chi connectivity index (χ2v) is 5.44. The molecule has 1 unspecified atom stereocenters. The van der Waals surface area contributed by atoms with E-state index >= 15 is 0 Å². The maximum Gasteiger partial charge on any atom is 0.326 e. The van der Waals surface area contributed by atoms with Crippen LogP contribution in [-0.2, 0) is 11.2 Å². The van der Waals surface area contributed by atoms with Crippen molar-refractivity contribution >= 4 is 27.5 Å². The Morgan fingerprint density at radius 2 is 2.11 bits per heavy atom. The standard InChI is InChI=1S/C11H10N2O4S/c14-8-7-6-4(10(15)16)2-1-3-5(6)18-9(7)13-11(17)12-8/h4H,1-3H2,(H,15,16)(H2,12,13,14,17). The van der Waals surface area contributed by atoms with Crippen molar-refractivity contribution in [1.82, 2.24) is 9.97 Å². The largest absolute Gasteiger partial charge is 0.481 e. The lowest BCUT2D eigenvalue weighted by molar-refractivity contribution is -0.139. The predicted octanol–water partition coefficient (Wildman–Crippen LogP) is 0.782. The number of hydrogen-bond donors (Lipinski definition) is 3. The van der Waals surface area contributed by atoms with Gasteiger partial charge in [-0.15, -0.1) is 11.3 Å². The first kappa shape index (κ1) is 11.2. The first-order chi connectivity index (χ1) is 8.58. The number of hydrogen-bond acceptors (Lipinski definition) is 4. The van der Waals surface area contributed by atoms with Crippen molar-refractivity contribution in [3.05, 3.63) is 31.3 Å². The summed E-state index contributed by atoms with van der Waals surface area (Å²) in [7, 11) is 0. The van der Waals surface area contributed by atoms with E-state index in [1.54, 1.807) is 0 Å².